The topological polar surface area (TPSA) is 62.3 Å². The van der Waals surface area contributed by atoms with Crippen molar-refractivity contribution >= 4 is 23.2 Å². The third-order valence-electron chi connectivity index (χ3n) is 6.05. The van der Waals surface area contributed by atoms with Gasteiger partial charge in [-0.1, -0.05) is 49.2 Å². The summed E-state index contributed by atoms with van der Waals surface area (Å²) < 4.78 is 0. The van der Waals surface area contributed by atoms with Crippen LogP contribution < -0.4 is 5.32 Å². The van der Waals surface area contributed by atoms with E-state index in [1.54, 1.807) is 28.6 Å². The Kier molecular flexibility index (Phi) is 7.32. The van der Waals surface area contributed by atoms with E-state index in [1.165, 1.54) is 0 Å². The molecule has 1 atom stereocenters. The molecule has 166 valence electrons. The van der Waals surface area contributed by atoms with E-state index in [0.29, 0.717) is 6.54 Å². The number of aromatic nitrogens is 1. The molecule has 3 aromatic rings. The molecule has 2 amide bonds. The monoisotopic (exact) mass is 447 g/mol. The Hall–Kier alpha value is -2.99. The Morgan fingerprint density at radius 1 is 1.12 bits per heavy atom. The van der Waals surface area contributed by atoms with Crippen LogP contribution in [0.25, 0.3) is 0 Å². The molecule has 4 rings (SSSR count). The van der Waals surface area contributed by atoms with Crippen molar-refractivity contribution in [2.24, 2.45) is 0 Å². The van der Waals surface area contributed by atoms with Gasteiger partial charge in [0.05, 0.1) is 6.42 Å². The number of pyridine rings is 1. The van der Waals surface area contributed by atoms with Crippen molar-refractivity contribution in [1.29, 1.82) is 0 Å². The van der Waals surface area contributed by atoms with Gasteiger partial charge >= 0.3 is 0 Å². The van der Waals surface area contributed by atoms with Crippen LogP contribution in [0, 0.1) is 6.92 Å². The predicted octanol–water partition coefficient (Wildman–Crippen LogP) is 4.82. The van der Waals surface area contributed by atoms with Crippen molar-refractivity contribution in [3.63, 3.8) is 0 Å². The fraction of sp³-hybridized carbons (Fsp3) is 0.346. The Labute approximate surface area is 193 Å². The van der Waals surface area contributed by atoms with Crippen LogP contribution in [0.3, 0.4) is 0 Å². The van der Waals surface area contributed by atoms with Gasteiger partial charge in [0, 0.05) is 29.9 Å². The summed E-state index contributed by atoms with van der Waals surface area (Å²) in [5.74, 6) is -0.166. The molecular formula is C26H29N3O2S. The normalized spacial score (nSPS) is 14.8. The number of benzene rings is 1. The standard InChI is InChI=1S/C26H29N3O2S/c1-19-8-2-5-13-23(19)25(26(31)28-21-10-3-4-11-21)29(18-20-9-6-14-27-17-20)24(30)16-22-12-7-15-32-22/h2,5-9,12-15,17,21,25H,3-4,10-11,16,18H2,1H3,(H,28,31). The number of carbonyl (C=O) groups excluding carboxylic acids is 2. The molecule has 0 aliphatic heterocycles. The maximum Gasteiger partial charge on any atom is 0.247 e. The molecule has 1 saturated carbocycles. The molecular weight excluding hydrogens is 418 g/mol. The number of thiophene rings is 1. The number of hydrogen-bond acceptors (Lipinski definition) is 4. The van der Waals surface area contributed by atoms with E-state index < -0.39 is 6.04 Å². The van der Waals surface area contributed by atoms with Gasteiger partial charge in [-0.25, -0.2) is 0 Å². The second kappa shape index (κ2) is 10.6. The summed E-state index contributed by atoms with van der Waals surface area (Å²) in [5.41, 5.74) is 2.77. The second-order valence-corrected chi connectivity index (χ2v) is 9.42. The van der Waals surface area contributed by atoms with Crippen LogP contribution in [0.1, 0.15) is 53.3 Å². The van der Waals surface area contributed by atoms with Crippen molar-refractivity contribution in [3.05, 3.63) is 87.9 Å². The van der Waals surface area contributed by atoms with Crippen molar-refractivity contribution in [3.8, 4) is 0 Å². The van der Waals surface area contributed by atoms with E-state index in [2.05, 4.69) is 10.3 Å². The smallest absolute Gasteiger partial charge is 0.247 e. The van der Waals surface area contributed by atoms with Gasteiger partial charge < -0.3 is 10.2 Å². The SMILES string of the molecule is Cc1ccccc1C(C(=O)NC1CCCC1)N(Cc1cccnc1)C(=O)Cc1cccs1. The summed E-state index contributed by atoms with van der Waals surface area (Å²) in [6.07, 6.45) is 8.02. The molecule has 0 bridgehead atoms. The van der Waals surface area contributed by atoms with Gasteiger partial charge in [0.25, 0.3) is 0 Å². The zero-order valence-electron chi connectivity index (χ0n) is 18.4. The summed E-state index contributed by atoms with van der Waals surface area (Å²) in [4.78, 5) is 34.2. The highest BCUT2D eigenvalue weighted by molar-refractivity contribution is 7.10. The molecule has 1 unspecified atom stereocenters. The van der Waals surface area contributed by atoms with E-state index in [9.17, 15) is 9.59 Å². The van der Waals surface area contributed by atoms with Crippen LogP contribution in [-0.4, -0.2) is 27.7 Å². The number of rotatable bonds is 8. The molecule has 1 aromatic carbocycles. The number of aryl methyl sites for hydroxylation is 1. The predicted molar refractivity (Wildman–Crippen MR) is 127 cm³/mol. The zero-order valence-corrected chi connectivity index (χ0v) is 19.2. The Bertz CT molecular complexity index is 1030. The lowest BCUT2D eigenvalue weighted by Gasteiger charge is -2.33. The summed E-state index contributed by atoms with van der Waals surface area (Å²) in [5, 5.41) is 5.21. The van der Waals surface area contributed by atoms with Gasteiger partial charge in [0.15, 0.2) is 0 Å². The number of carbonyl (C=O) groups is 2. The Morgan fingerprint density at radius 3 is 2.62 bits per heavy atom. The molecule has 1 aliphatic carbocycles. The lowest BCUT2D eigenvalue weighted by atomic mass is 9.97. The fourth-order valence-corrected chi connectivity index (χ4v) is 5.07. The lowest BCUT2D eigenvalue weighted by molar-refractivity contribution is -0.141. The molecule has 1 fully saturated rings. The third kappa shape index (κ3) is 5.43. The quantitative estimate of drug-likeness (QED) is 0.538. The maximum absolute atomic E-state index is 13.7. The first kappa shape index (κ1) is 22.2. The van der Waals surface area contributed by atoms with Gasteiger partial charge in [-0.3, -0.25) is 14.6 Å². The van der Waals surface area contributed by atoms with E-state index in [-0.39, 0.29) is 24.3 Å². The van der Waals surface area contributed by atoms with Gasteiger partial charge in [0.2, 0.25) is 11.8 Å². The van der Waals surface area contributed by atoms with E-state index in [0.717, 1.165) is 47.3 Å². The van der Waals surface area contributed by atoms with Gasteiger partial charge in [-0.05, 0) is 54.0 Å². The first-order valence-electron chi connectivity index (χ1n) is 11.2. The van der Waals surface area contributed by atoms with Crippen molar-refractivity contribution in [2.75, 3.05) is 0 Å². The molecule has 0 spiro atoms. The first-order valence-corrected chi connectivity index (χ1v) is 12.1. The average Bonchev–Trinajstić information content (AvgIpc) is 3.50. The van der Waals surface area contributed by atoms with Crippen molar-refractivity contribution in [2.45, 2.75) is 57.7 Å². The molecule has 6 heteroatoms. The number of amides is 2. The van der Waals surface area contributed by atoms with Crippen LogP contribution in [0.2, 0.25) is 0 Å². The van der Waals surface area contributed by atoms with E-state index in [1.807, 2.05) is 60.8 Å². The molecule has 1 N–H and O–H groups in total. The van der Waals surface area contributed by atoms with E-state index >= 15 is 0 Å². The summed E-state index contributed by atoms with van der Waals surface area (Å²) in [6, 6.07) is 15.1. The Balaban J connectivity index is 1.70. The number of hydrogen-bond donors (Lipinski definition) is 1. The largest absolute Gasteiger partial charge is 0.351 e. The molecule has 2 aromatic heterocycles. The van der Waals surface area contributed by atoms with Crippen LogP contribution in [0.15, 0.2) is 66.3 Å². The van der Waals surface area contributed by atoms with Gasteiger partial charge in [-0.15, -0.1) is 11.3 Å². The molecule has 2 heterocycles. The van der Waals surface area contributed by atoms with Gasteiger partial charge in [-0.2, -0.15) is 0 Å². The minimum absolute atomic E-state index is 0.0638. The van der Waals surface area contributed by atoms with Crippen LogP contribution in [0.5, 0.6) is 0 Å². The van der Waals surface area contributed by atoms with Crippen LogP contribution in [0.4, 0.5) is 0 Å². The number of nitrogens with one attached hydrogen (secondary N) is 1. The molecule has 0 radical (unpaired) electrons. The highest BCUT2D eigenvalue weighted by Gasteiger charge is 2.34. The van der Waals surface area contributed by atoms with Crippen molar-refractivity contribution in [1.82, 2.24) is 15.2 Å². The van der Waals surface area contributed by atoms with Crippen LogP contribution >= 0.6 is 11.3 Å². The first-order chi connectivity index (χ1) is 15.6. The van der Waals surface area contributed by atoms with Crippen molar-refractivity contribution < 1.29 is 9.59 Å². The lowest BCUT2D eigenvalue weighted by Crippen LogP contribution is -2.46. The summed E-state index contributed by atoms with van der Waals surface area (Å²) in [6.45, 7) is 2.33. The molecule has 32 heavy (non-hydrogen) atoms. The van der Waals surface area contributed by atoms with E-state index in [4.69, 9.17) is 0 Å². The zero-order chi connectivity index (χ0) is 22.3. The van der Waals surface area contributed by atoms with Gasteiger partial charge in [0.1, 0.15) is 6.04 Å². The minimum atomic E-state index is -0.690. The Morgan fingerprint density at radius 2 is 1.94 bits per heavy atom. The maximum atomic E-state index is 13.7. The molecule has 1 aliphatic rings. The highest BCUT2D eigenvalue weighted by atomic mass is 32.1. The molecule has 0 saturated heterocycles. The third-order valence-corrected chi connectivity index (χ3v) is 6.92. The molecule has 5 nitrogen and oxygen atoms in total. The fourth-order valence-electron chi connectivity index (χ4n) is 4.37. The number of nitrogens with zero attached hydrogens (tertiary/aromatic N) is 2. The highest BCUT2D eigenvalue weighted by Crippen LogP contribution is 2.29. The minimum Gasteiger partial charge on any atom is -0.351 e. The average molecular weight is 448 g/mol. The summed E-state index contributed by atoms with van der Waals surface area (Å²) >= 11 is 1.56. The second-order valence-electron chi connectivity index (χ2n) is 8.39. The van der Waals surface area contributed by atoms with Crippen LogP contribution in [-0.2, 0) is 22.6 Å². The summed E-state index contributed by atoms with van der Waals surface area (Å²) in [7, 11) is 0.